The molecular weight excluding hydrogens is 406 g/mol. The SMILES string of the molecule is CCOC(=O)c1ccc2nc(NC(=O)c3cc(-c4ccc(OC)cc4)on3)sc2c1. The summed E-state index contributed by atoms with van der Waals surface area (Å²) >= 11 is 1.25. The number of rotatable bonds is 6. The fourth-order valence-corrected chi connectivity index (χ4v) is 3.65. The van der Waals surface area contributed by atoms with E-state index in [0.717, 1.165) is 16.0 Å². The zero-order valence-electron chi connectivity index (χ0n) is 16.2. The molecule has 2 aromatic heterocycles. The summed E-state index contributed by atoms with van der Waals surface area (Å²) in [6.07, 6.45) is 0. The first-order valence-corrected chi connectivity index (χ1v) is 9.89. The monoisotopic (exact) mass is 423 g/mol. The highest BCUT2D eigenvalue weighted by Gasteiger charge is 2.17. The number of carbonyl (C=O) groups is 2. The molecule has 2 heterocycles. The lowest BCUT2D eigenvalue weighted by Gasteiger charge is -2.00. The minimum atomic E-state index is -0.441. The van der Waals surface area contributed by atoms with Crippen molar-refractivity contribution in [1.82, 2.24) is 10.1 Å². The smallest absolute Gasteiger partial charge is 0.338 e. The number of nitrogens with zero attached hydrogens (tertiary/aromatic N) is 2. The Labute approximate surface area is 175 Å². The average Bonchev–Trinajstić information content (AvgIpc) is 3.40. The minimum absolute atomic E-state index is 0.132. The summed E-state index contributed by atoms with van der Waals surface area (Å²) in [4.78, 5) is 28.8. The number of aromatic nitrogens is 2. The molecule has 0 bridgehead atoms. The average molecular weight is 423 g/mol. The van der Waals surface area contributed by atoms with E-state index in [1.165, 1.54) is 11.3 Å². The van der Waals surface area contributed by atoms with Gasteiger partial charge in [0.15, 0.2) is 16.6 Å². The largest absolute Gasteiger partial charge is 0.497 e. The van der Waals surface area contributed by atoms with Crippen molar-refractivity contribution in [3.63, 3.8) is 0 Å². The van der Waals surface area contributed by atoms with Crippen LogP contribution in [-0.4, -0.2) is 35.7 Å². The summed E-state index contributed by atoms with van der Waals surface area (Å²) in [6, 6.07) is 13.8. The summed E-state index contributed by atoms with van der Waals surface area (Å²) in [5.74, 6) is 0.347. The number of nitrogens with one attached hydrogen (secondary N) is 1. The number of hydrogen-bond donors (Lipinski definition) is 1. The zero-order valence-corrected chi connectivity index (χ0v) is 17.0. The van der Waals surface area contributed by atoms with E-state index >= 15 is 0 Å². The standard InChI is InChI=1S/C21H17N3O5S/c1-3-28-20(26)13-6-9-15-18(10-13)30-21(22-15)23-19(25)16-11-17(29-24-16)12-4-7-14(27-2)8-5-12/h4-11H,3H2,1-2H3,(H,22,23,25). The molecule has 152 valence electrons. The second kappa shape index (κ2) is 8.34. The predicted molar refractivity (Wildman–Crippen MR) is 112 cm³/mol. The molecule has 4 aromatic rings. The van der Waals surface area contributed by atoms with Crippen LogP contribution in [0.15, 0.2) is 53.1 Å². The zero-order chi connectivity index (χ0) is 21.1. The highest BCUT2D eigenvalue weighted by atomic mass is 32.1. The molecule has 0 atom stereocenters. The van der Waals surface area contributed by atoms with E-state index in [9.17, 15) is 9.59 Å². The van der Waals surface area contributed by atoms with Gasteiger partial charge >= 0.3 is 5.97 Å². The Morgan fingerprint density at radius 2 is 1.93 bits per heavy atom. The number of amides is 1. The normalized spacial score (nSPS) is 10.7. The molecule has 0 unspecified atom stereocenters. The number of esters is 1. The first-order valence-electron chi connectivity index (χ1n) is 9.07. The van der Waals surface area contributed by atoms with E-state index in [1.54, 1.807) is 50.4 Å². The molecule has 8 nitrogen and oxygen atoms in total. The van der Waals surface area contributed by atoms with Gasteiger partial charge in [-0.1, -0.05) is 16.5 Å². The van der Waals surface area contributed by atoms with Crippen LogP contribution < -0.4 is 10.1 Å². The Morgan fingerprint density at radius 1 is 1.13 bits per heavy atom. The molecule has 1 N–H and O–H groups in total. The molecule has 1 amide bonds. The van der Waals surface area contributed by atoms with Crippen LogP contribution in [0, 0.1) is 0 Å². The summed E-state index contributed by atoms with van der Waals surface area (Å²) in [5.41, 5.74) is 2.01. The maximum atomic E-state index is 12.5. The van der Waals surface area contributed by atoms with Crippen molar-refractivity contribution >= 4 is 38.6 Å². The van der Waals surface area contributed by atoms with E-state index in [4.69, 9.17) is 14.0 Å². The van der Waals surface area contributed by atoms with Gasteiger partial charge in [-0.3, -0.25) is 10.1 Å². The number of ether oxygens (including phenoxy) is 2. The Hall–Kier alpha value is -3.72. The molecule has 0 aliphatic heterocycles. The number of hydrogen-bond acceptors (Lipinski definition) is 8. The fraction of sp³-hybridized carbons (Fsp3) is 0.143. The minimum Gasteiger partial charge on any atom is -0.497 e. The number of fused-ring (bicyclic) bond motifs is 1. The van der Waals surface area contributed by atoms with Crippen molar-refractivity contribution in [3.05, 3.63) is 59.8 Å². The van der Waals surface area contributed by atoms with E-state index in [1.807, 2.05) is 12.1 Å². The lowest BCUT2D eigenvalue weighted by molar-refractivity contribution is 0.0526. The van der Waals surface area contributed by atoms with E-state index < -0.39 is 11.9 Å². The van der Waals surface area contributed by atoms with Crippen molar-refractivity contribution < 1.29 is 23.6 Å². The molecule has 0 saturated heterocycles. The van der Waals surface area contributed by atoms with Gasteiger partial charge in [-0.25, -0.2) is 9.78 Å². The lowest BCUT2D eigenvalue weighted by atomic mass is 10.1. The second-order valence-electron chi connectivity index (χ2n) is 6.18. The van der Waals surface area contributed by atoms with E-state index in [2.05, 4.69) is 15.5 Å². The van der Waals surface area contributed by atoms with Crippen molar-refractivity contribution in [2.75, 3.05) is 19.0 Å². The lowest BCUT2D eigenvalue weighted by Crippen LogP contribution is -2.11. The van der Waals surface area contributed by atoms with Gasteiger partial charge in [0.1, 0.15) is 5.75 Å². The Balaban J connectivity index is 1.50. The van der Waals surface area contributed by atoms with Crippen LogP contribution in [0.4, 0.5) is 5.13 Å². The molecule has 4 rings (SSSR count). The van der Waals surface area contributed by atoms with Crippen LogP contribution in [0.1, 0.15) is 27.8 Å². The Kier molecular flexibility index (Phi) is 5.44. The highest BCUT2D eigenvalue weighted by Crippen LogP contribution is 2.28. The van der Waals surface area contributed by atoms with Gasteiger partial charge in [0, 0.05) is 11.6 Å². The number of thiazole rings is 1. The number of carbonyl (C=O) groups excluding carboxylic acids is 2. The maximum Gasteiger partial charge on any atom is 0.338 e. The molecule has 0 fully saturated rings. The molecule has 9 heteroatoms. The summed E-state index contributed by atoms with van der Waals surface area (Å²) in [6.45, 7) is 2.05. The van der Waals surface area contributed by atoms with Crippen LogP contribution in [-0.2, 0) is 4.74 Å². The van der Waals surface area contributed by atoms with Gasteiger partial charge in [0.2, 0.25) is 0 Å². The van der Waals surface area contributed by atoms with Crippen molar-refractivity contribution in [2.24, 2.45) is 0 Å². The third kappa shape index (κ3) is 4.01. The van der Waals surface area contributed by atoms with Crippen molar-refractivity contribution in [3.8, 4) is 17.1 Å². The maximum absolute atomic E-state index is 12.5. The van der Waals surface area contributed by atoms with Crippen LogP contribution in [0.2, 0.25) is 0 Å². The van der Waals surface area contributed by atoms with Gasteiger partial charge in [-0.15, -0.1) is 0 Å². The summed E-state index contributed by atoms with van der Waals surface area (Å²) in [7, 11) is 1.59. The summed E-state index contributed by atoms with van der Waals surface area (Å²) < 4.78 is 16.2. The molecule has 0 aliphatic rings. The third-order valence-corrected chi connectivity index (χ3v) is 5.17. The molecule has 0 saturated carbocycles. The van der Waals surface area contributed by atoms with Gasteiger partial charge in [-0.05, 0) is 49.4 Å². The fourth-order valence-electron chi connectivity index (χ4n) is 2.75. The number of anilines is 1. The van der Waals surface area contributed by atoms with E-state index in [0.29, 0.717) is 28.6 Å². The van der Waals surface area contributed by atoms with Crippen LogP contribution in [0.5, 0.6) is 5.75 Å². The van der Waals surface area contributed by atoms with Crippen LogP contribution in [0.25, 0.3) is 21.5 Å². The first kappa shape index (κ1) is 19.6. The van der Waals surface area contributed by atoms with Gasteiger partial charge in [-0.2, -0.15) is 0 Å². The topological polar surface area (TPSA) is 104 Å². The first-order chi connectivity index (χ1) is 14.6. The van der Waals surface area contributed by atoms with Crippen LogP contribution >= 0.6 is 11.3 Å². The summed E-state index contributed by atoms with van der Waals surface area (Å²) in [5, 5.41) is 6.95. The molecular formula is C21H17N3O5S. The molecule has 0 radical (unpaired) electrons. The van der Waals surface area contributed by atoms with Crippen molar-refractivity contribution in [2.45, 2.75) is 6.92 Å². The predicted octanol–water partition coefficient (Wildman–Crippen LogP) is 4.39. The van der Waals surface area contributed by atoms with Crippen LogP contribution in [0.3, 0.4) is 0 Å². The molecule has 2 aromatic carbocycles. The quantitative estimate of drug-likeness (QED) is 0.459. The Morgan fingerprint density at radius 3 is 2.67 bits per heavy atom. The Bertz CT molecular complexity index is 1210. The number of methoxy groups -OCH3 is 1. The van der Waals surface area contributed by atoms with Gasteiger partial charge in [0.05, 0.1) is 29.5 Å². The van der Waals surface area contributed by atoms with Gasteiger partial charge in [0.25, 0.3) is 5.91 Å². The third-order valence-electron chi connectivity index (χ3n) is 4.24. The molecule has 0 aliphatic carbocycles. The molecule has 0 spiro atoms. The number of benzene rings is 2. The highest BCUT2D eigenvalue weighted by molar-refractivity contribution is 7.22. The van der Waals surface area contributed by atoms with Gasteiger partial charge < -0.3 is 14.0 Å². The van der Waals surface area contributed by atoms with E-state index in [-0.39, 0.29) is 5.69 Å². The van der Waals surface area contributed by atoms with Crippen molar-refractivity contribution in [1.29, 1.82) is 0 Å². The second-order valence-corrected chi connectivity index (χ2v) is 7.21. The molecule has 30 heavy (non-hydrogen) atoms.